The first-order valence-corrected chi connectivity index (χ1v) is 3.92. The van der Waals surface area contributed by atoms with Crippen molar-refractivity contribution in [2.75, 3.05) is 0 Å². The van der Waals surface area contributed by atoms with Crippen molar-refractivity contribution in [2.45, 2.75) is 39.7 Å². The Balaban J connectivity index is 3.78. The zero-order valence-corrected chi connectivity index (χ0v) is 7.24. The summed E-state index contributed by atoms with van der Waals surface area (Å²) in [5.74, 6) is 0.292. The fraction of sp³-hybridized carbons (Fsp3) is 1.00. The van der Waals surface area contributed by atoms with Gasteiger partial charge in [-0.15, -0.1) is 10.1 Å². The Morgan fingerprint density at radius 1 is 1.45 bits per heavy atom. The third-order valence-electron chi connectivity index (χ3n) is 1.96. The summed E-state index contributed by atoms with van der Waals surface area (Å²) in [6.45, 7) is 5.75. The first-order valence-electron chi connectivity index (χ1n) is 3.92. The van der Waals surface area contributed by atoms with Crippen molar-refractivity contribution in [3.05, 3.63) is 10.1 Å². The van der Waals surface area contributed by atoms with Gasteiger partial charge in [0.2, 0.25) is 0 Å². The molecule has 0 spiro atoms. The predicted molar refractivity (Wildman–Crippen MR) is 41.6 cm³/mol. The fourth-order valence-electron chi connectivity index (χ4n) is 1.17. The summed E-state index contributed by atoms with van der Waals surface area (Å²) in [6, 6.07) is 0. The molecule has 0 aromatic heterocycles. The van der Waals surface area contributed by atoms with E-state index in [1.807, 2.05) is 13.8 Å². The van der Waals surface area contributed by atoms with E-state index >= 15 is 0 Å². The molecular weight excluding hydrogens is 146 g/mol. The summed E-state index contributed by atoms with van der Waals surface area (Å²) in [5.41, 5.74) is 0. The monoisotopic (exact) mass is 161 g/mol. The molecule has 1 unspecified atom stereocenters. The van der Waals surface area contributed by atoms with Crippen LogP contribution in [0.25, 0.3) is 0 Å². The van der Waals surface area contributed by atoms with E-state index in [1.165, 1.54) is 0 Å². The van der Waals surface area contributed by atoms with Crippen LogP contribution in [0.15, 0.2) is 0 Å². The lowest BCUT2D eigenvalue weighted by Crippen LogP contribution is -2.22. The minimum Gasteiger partial charge on any atom is -0.311 e. The second kappa shape index (κ2) is 4.93. The van der Waals surface area contributed by atoms with E-state index in [-0.39, 0.29) is 6.10 Å². The average molecular weight is 161 g/mol. The highest BCUT2D eigenvalue weighted by Gasteiger charge is 2.16. The van der Waals surface area contributed by atoms with Crippen LogP contribution in [0, 0.1) is 16.0 Å². The van der Waals surface area contributed by atoms with Crippen molar-refractivity contribution in [2.24, 2.45) is 5.92 Å². The van der Waals surface area contributed by atoms with Gasteiger partial charge in [0.1, 0.15) is 6.10 Å². The molecule has 66 valence electrons. The Kier molecular flexibility index (Phi) is 4.57. The van der Waals surface area contributed by atoms with Gasteiger partial charge in [0, 0.05) is 0 Å². The molecule has 0 saturated heterocycles. The molecule has 0 radical (unpaired) electrons. The summed E-state index contributed by atoms with van der Waals surface area (Å²) in [4.78, 5) is 14.3. The van der Waals surface area contributed by atoms with E-state index in [9.17, 15) is 10.1 Å². The highest BCUT2D eigenvalue weighted by atomic mass is 17.0. The van der Waals surface area contributed by atoms with Crippen LogP contribution in [0.5, 0.6) is 0 Å². The fourth-order valence-corrected chi connectivity index (χ4v) is 1.17. The summed E-state index contributed by atoms with van der Waals surface area (Å²) in [7, 11) is 0. The van der Waals surface area contributed by atoms with Crippen LogP contribution in [0.3, 0.4) is 0 Å². The predicted octanol–water partition coefficient (Wildman–Crippen LogP) is 2.02. The lowest BCUT2D eigenvalue weighted by Gasteiger charge is -2.18. The molecule has 0 bridgehead atoms. The molecule has 0 rings (SSSR count). The van der Waals surface area contributed by atoms with Crippen molar-refractivity contribution in [1.82, 2.24) is 0 Å². The van der Waals surface area contributed by atoms with Crippen molar-refractivity contribution in [3.63, 3.8) is 0 Å². The van der Waals surface area contributed by atoms with E-state index in [0.29, 0.717) is 5.92 Å². The molecule has 0 heterocycles. The Morgan fingerprint density at radius 2 is 1.91 bits per heavy atom. The van der Waals surface area contributed by atoms with Crippen LogP contribution in [-0.4, -0.2) is 11.2 Å². The average Bonchev–Trinajstić information content (AvgIpc) is 1.88. The van der Waals surface area contributed by atoms with Gasteiger partial charge < -0.3 is 4.84 Å². The quantitative estimate of drug-likeness (QED) is 0.458. The summed E-state index contributed by atoms with van der Waals surface area (Å²) >= 11 is 0. The Bertz CT molecular complexity index is 123. The number of rotatable bonds is 5. The van der Waals surface area contributed by atoms with Crippen LogP contribution >= 0.6 is 0 Å². The number of hydrogen-bond acceptors (Lipinski definition) is 3. The van der Waals surface area contributed by atoms with Crippen molar-refractivity contribution in [1.29, 1.82) is 0 Å². The first kappa shape index (κ1) is 10.2. The van der Waals surface area contributed by atoms with Crippen LogP contribution in [0.2, 0.25) is 0 Å². The molecule has 4 nitrogen and oxygen atoms in total. The first-order chi connectivity index (χ1) is 5.11. The summed E-state index contributed by atoms with van der Waals surface area (Å²) < 4.78 is 0. The van der Waals surface area contributed by atoms with Gasteiger partial charge in [-0.1, -0.05) is 26.7 Å². The molecular formula is C7H15NO3. The molecule has 1 atom stereocenters. The highest BCUT2D eigenvalue weighted by molar-refractivity contribution is 4.60. The third-order valence-corrected chi connectivity index (χ3v) is 1.96. The van der Waals surface area contributed by atoms with Crippen LogP contribution in [0.4, 0.5) is 0 Å². The third kappa shape index (κ3) is 3.80. The van der Waals surface area contributed by atoms with Gasteiger partial charge >= 0.3 is 0 Å². The van der Waals surface area contributed by atoms with Crippen LogP contribution in [-0.2, 0) is 4.84 Å². The normalized spacial score (nSPS) is 13.1. The molecule has 0 N–H and O–H groups in total. The van der Waals surface area contributed by atoms with Gasteiger partial charge in [-0.05, 0) is 12.8 Å². The maximum atomic E-state index is 9.93. The molecule has 0 aliphatic rings. The molecule has 0 fully saturated rings. The van der Waals surface area contributed by atoms with E-state index in [2.05, 4.69) is 4.84 Å². The topological polar surface area (TPSA) is 52.4 Å². The molecule has 0 aliphatic carbocycles. The lowest BCUT2D eigenvalue weighted by molar-refractivity contribution is -0.769. The summed E-state index contributed by atoms with van der Waals surface area (Å²) in [6.07, 6.45) is 1.57. The zero-order chi connectivity index (χ0) is 8.85. The highest BCUT2D eigenvalue weighted by Crippen LogP contribution is 2.15. The maximum absolute atomic E-state index is 9.93. The maximum Gasteiger partial charge on any atom is 0.294 e. The lowest BCUT2D eigenvalue weighted by atomic mass is 9.98. The van der Waals surface area contributed by atoms with E-state index in [0.717, 1.165) is 12.8 Å². The minimum absolute atomic E-state index is 0.278. The molecule has 11 heavy (non-hydrogen) atoms. The van der Waals surface area contributed by atoms with Crippen molar-refractivity contribution < 1.29 is 9.92 Å². The van der Waals surface area contributed by atoms with Gasteiger partial charge in [-0.3, -0.25) is 0 Å². The standard InChI is InChI=1S/C7H15NO3/c1-4-7(5-2)6(3)11-8(9)10/h6-7H,4-5H2,1-3H3. The number of nitrogens with zero attached hydrogens (tertiary/aromatic N) is 1. The van der Waals surface area contributed by atoms with Crippen molar-refractivity contribution in [3.8, 4) is 0 Å². The van der Waals surface area contributed by atoms with Crippen LogP contribution in [0.1, 0.15) is 33.6 Å². The Labute approximate surface area is 66.6 Å². The van der Waals surface area contributed by atoms with Gasteiger partial charge in [0.15, 0.2) is 0 Å². The molecule has 0 aliphatic heterocycles. The second-order valence-electron chi connectivity index (χ2n) is 2.61. The van der Waals surface area contributed by atoms with Crippen LogP contribution < -0.4 is 0 Å². The molecule has 0 aromatic rings. The van der Waals surface area contributed by atoms with E-state index in [1.54, 1.807) is 6.92 Å². The number of hydrogen-bond donors (Lipinski definition) is 0. The molecule has 4 heteroatoms. The largest absolute Gasteiger partial charge is 0.311 e. The minimum atomic E-state index is -0.719. The van der Waals surface area contributed by atoms with Gasteiger partial charge in [-0.25, -0.2) is 0 Å². The molecule has 0 amide bonds. The molecule has 0 saturated carbocycles. The van der Waals surface area contributed by atoms with E-state index < -0.39 is 5.09 Å². The van der Waals surface area contributed by atoms with E-state index in [4.69, 9.17) is 0 Å². The Hall–Kier alpha value is -0.800. The smallest absolute Gasteiger partial charge is 0.294 e. The SMILES string of the molecule is CCC(CC)C(C)O[N+](=O)[O-]. The molecule has 0 aromatic carbocycles. The van der Waals surface area contributed by atoms with Gasteiger partial charge in [0.05, 0.1) is 0 Å². The summed E-state index contributed by atoms with van der Waals surface area (Å²) in [5, 5.41) is 9.21. The Morgan fingerprint density at radius 3 is 2.18 bits per heavy atom. The van der Waals surface area contributed by atoms with Gasteiger partial charge in [-0.2, -0.15) is 0 Å². The second-order valence-corrected chi connectivity index (χ2v) is 2.61. The van der Waals surface area contributed by atoms with Crippen molar-refractivity contribution >= 4 is 0 Å². The zero-order valence-electron chi connectivity index (χ0n) is 7.24. The van der Waals surface area contributed by atoms with Gasteiger partial charge in [0.25, 0.3) is 5.09 Å².